The summed E-state index contributed by atoms with van der Waals surface area (Å²) in [7, 11) is 0. The predicted octanol–water partition coefficient (Wildman–Crippen LogP) is 1.85. The summed E-state index contributed by atoms with van der Waals surface area (Å²) in [5.74, 6) is -3.19. The molecule has 1 atom stereocenters. The number of hydrogen-bond donors (Lipinski definition) is 0. The van der Waals surface area contributed by atoms with Crippen LogP contribution in [0.2, 0.25) is 0 Å². The highest BCUT2D eigenvalue weighted by atomic mass is 79.9. The van der Waals surface area contributed by atoms with Crippen molar-refractivity contribution in [2.45, 2.75) is 13.3 Å². The maximum absolute atomic E-state index is 12.1. The number of carbonyl (C=O) groups excluding carboxylic acids is 3. The first-order valence-electron chi connectivity index (χ1n) is 5.26. The van der Waals surface area contributed by atoms with Crippen LogP contribution in [-0.2, 0) is 13.4 Å². The molecule has 0 N–H and O–H groups in total. The molecule has 18 heavy (non-hydrogen) atoms. The first-order valence-corrected chi connectivity index (χ1v) is 6.52. The quantitative estimate of drug-likeness (QED) is 0.359. The van der Waals surface area contributed by atoms with Gasteiger partial charge in [-0.1, -0.05) is 35.0 Å². The second kappa shape index (κ2) is 6.84. The van der Waals surface area contributed by atoms with E-state index in [9.17, 15) is 14.4 Å². The zero-order chi connectivity index (χ0) is 13.7. The summed E-state index contributed by atoms with van der Waals surface area (Å²) in [4.78, 5) is 34.9. The van der Waals surface area contributed by atoms with E-state index >= 15 is 0 Å². The fourth-order valence-electron chi connectivity index (χ4n) is 1.51. The third kappa shape index (κ3) is 3.52. The lowest BCUT2D eigenvalue weighted by atomic mass is 9.91. The SMILES string of the molecule is CCC(C(=O)C(=O)[O][Al])C(=O)c1ccc(Br)cc1. The van der Waals surface area contributed by atoms with Crippen molar-refractivity contribution in [2.75, 3.05) is 0 Å². The molecule has 92 valence electrons. The molecule has 0 aliphatic carbocycles. The van der Waals surface area contributed by atoms with Crippen LogP contribution in [0.1, 0.15) is 23.7 Å². The monoisotopic (exact) mass is 324 g/mol. The summed E-state index contributed by atoms with van der Waals surface area (Å²) in [5.41, 5.74) is 0.398. The standard InChI is InChI=1S/C12H11BrO4.Al/c1-2-9(11(15)12(16)17)10(14)7-3-5-8(13)6-4-7;/h3-6,9H,2H2,1H3,(H,16,17);/q;+1/p-1. The fourth-order valence-corrected chi connectivity index (χ4v) is 1.89. The Bertz CT molecular complexity index is 469. The second-order valence-electron chi connectivity index (χ2n) is 3.60. The highest BCUT2D eigenvalue weighted by Crippen LogP contribution is 2.17. The molecule has 0 saturated heterocycles. The van der Waals surface area contributed by atoms with E-state index in [0.717, 1.165) is 4.47 Å². The van der Waals surface area contributed by atoms with Gasteiger partial charge < -0.3 is 3.79 Å². The Morgan fingerprint density at radius 3 is 2.28 bits per heavy atom. The molecule has 1 aromatic carbocycles. The van der Waals surface area contributed by atoms with E-state index in [2.05, 4.69) is 19.7 Å². The minimum atomic E-state index is -1.02. The lowest BCUT2D eigenvalue weighted by molar-refractivity contribution is -0.148. The highest BCUT2D eigenvalue weighted by Gasteiger charge is 2.30. The maximum Gasteiger partial charge on any atom is 0.485 e. The Balaban J connectivity index is 2.95. The number of ketones is 2. The van der Waals surface area contributed by atoms with Crippen LogP contribution in [0.4, 0.5) is 0 Å². The zero-order valence-electron chi connectivity index (χ0n) is 9.68. The van der Waals surface area contributed by atoms with Crippen LogP contribution >= 0.6 is 15.9 Å². The maximum atomic E-state index is 12.1. The Morgan fingerprint density at radius 2 is 1.83 bits per heavy atom. The molecule has 1 unspecified atom stereocenters. The van der Waals surface area contributed by atoms with E-state index in [1.54, 1.807) is 47.8 Å². The van der Waals surface area contributed by atoms with Crippen LogP contribution in [0.3, 0.4) is 0 Å². The topological polar surface area (TPSA) is 60.4 Å². The second-order valence-corrected chi connectivity index (χ2v) is 4.75. The normalized spacial score (nSPS) is 11.7. The molecule has 0 fully saturated rings. The number of rotatable bonds is 5. The summed E-state index contributed by atoms with van der Waals surface area (Å²) < 4.78 is 5.10. The molecular weight excluding hydrogens is 315 g/mol. The van der Waals surface area contributed by atoms with Crippen LogP contribution in [-0.4, -0.2) is 34.2 Å². The van der Waals surface area contributed by atoms with Gasteiger partial charge in [-0.15, -0.1) is 0 Å². The van der Waals surface area contributed by atoms with Crippen molar-refractivity contribution in [1.29, 1.82) is 0 Å². The number of benzene rings is 1. The lowest BCUT2D eigenvalue weighted by Crippen LogP contribution is -2.31. The van der Waals surface area contributed by atoms with Gasteiger partial charge in [-0.2, -0.15) is 0 Å². The molecule has 0 saturated carbocycles. The van der Waals surface area contributed by atoms with Crippen LogP contribution in [0.5, 0.6) is 0 Å². The van der Waals surface area contributed by atoms with Gasteiger partial charge in [0.05, 0.1) is 5.92 Å². The minimum Gasteiger partial charge on any atom is -0.622 e. The van der Waals surface area contributed by atoms with Gasteiger partial charge >= 0.3 is 22.6 Å². The summed E-state index contributed by atoms with van der Waals surface area (Å²) >= 11 is 4.96. The molecule has 0 bridgehead atoms. The fraction of sp³-hybridized carbons (Fsp3) is 0.250. The molecular formula is C12H10AlBrO4. The summed E-state index contributed by atoms with van der Waals surface area (Å²) in [6, 6.07) is 6.62. The largest absolute Gasteiger partial charge is 0.622 e. The van der Waals surface area contributed by atoms with Gasteiger partial charge in [0.1, 0.15) is 0 Å². The molecule has 4 nitrogen and oxygen atoms in total. The van der Waals surface area contributed by atoms with Crippen LogP contribution in [0, 0.1) is 5.92 Å². The molecule has 0 spiro atoms. The van der Waals surface area contributed by atoms with Gasteiger partial charge in [-0.05, 0) is 18.6 Å². The molecule has 0 amide bonds. The average molecular weight is 325 g/mol. The van der Waals surface area contributed by atoms with Crippen molar-refractivity contribution in [1.82, 2.24) is 0 Å². The van der Waals surface area contributed by atoms with Crippen LogP contribution < -0.4 is 0 Å². The van der Waals surface area contributed by atoms with Gasteiger partial charge in [-0.25, -0.2) is 4.79 Å². The van der Waals surface area contributed by atoms with E-state index in [0.29, 0.717) is 5.56 Å². The van der Waals surface area contributed by atoms with Crippen LogP contribution in [0.25, 0.3) is 0 Å². The van der Waals surface area contributed by atoms with Crippen molar-refractivity contribution in [3.63, 3.8) is 0 Å². The first-order chi connectivity index (χ1) is 8.51. The molecule has 0 aliphatic rings. The van der Waals surface area contributed by atoms with E-state index in [1.807, 2.05) is 0 Å². The minimum absolute atomic E-state index is 0.257. The van der Waals surface area contributed by atoms with E-state index in [-0.39, 0.29) is 12.2 Å². The van der Waals surface area contributed by atoms with Crippen molar-refractivity contribution < 1.29 is 18.2 Å². The van der Waals surface area contributed by atoms with Crippen molar-refractivity contribution in [3.8, 4) is 0 Å². The van der Waals surface area contributed by atoms with Crippen molar-refractivity contribution >= 4 is 50.1 Å². The third-order valence-corrected chi connectivity index (χ3v) is 3.22. The van der Waals surface area contributed by atoms with Crippen molar-refractivity contribution in [3.05, 3.63) is 34.3 Å². The average Bonchev–Trinajstić information content (AvgIpc) is 2.39. The van der Waals surface area contributed by atoms with Gasteiger partial charge in [0.25, 0.3) is 0 Å². The number of hydrogen-bond acceptors (Lipinski definition) is 4. The van der Waals surface area contributed by atoms with Crippen LogP contribution in [0.15, 0.2) is 28.7 Å². The Labute approximate surface area is 122 Å². The van der Waals surface area contributed by atoms with E-state index in [1.165, 1.54) is 0 Å². The smallest absolute Gasteiger partial charge is 0.485 e. The van der Waals surface area contributed by atoms with Gasteiger partial charge in [-0.3, -0.25) is 9.59 Å². The highest BCUT2D eigenvalue weighted by molar-refractivity contribution is 9.10. The molecule has 0 aromatic heterocycles. The van der Waals surface area contributed by atoms with E-state index < -0.39 is 17.7 Å². The Morgan fingerprint density at radius 1 is 1.28 bits per heavy atom. The van der Waals surface area contributed by atoms with Crippen molar-refractivity contribution in [2.24, 2.45) is 5.92 Å². The lowest BCUT2D eigenvalue weighted by Gasteiger charge is -2.11. The summed E-state index contributed by atoms with van der Waals surface area (Å²) in [6.07, 6.45) is 0.257. The number of halogens is 1. The summed E-state index contributed by atoms with van der Waals surface area (Å²) in [6.45, 7) is 1.68. The predicted molar refractivity (Wildman–Crippen MR) is 69.1 cm³/mol. The zero-order valence-corrected chi connectivity index (χ0v) is 12.4. The number of carbonyl (C=O) groups is 3. The Hall–Kier alpha value is -0.958. The van der Waals surface area contributed by atoms with Gasteiger partial charge in [0, 0.05) is 10.0 Å². The molecule has 0 aliphatic heterocycles. The third-order valence-electron chi connectivity index (χ3n) is 2.48. The molecule has 1 rings (SSSR count). The van der Waals surface area contributed by atoms with Gasteiger partial charge in [0.2, 0.25) is 5.78 Å². The first kappa shape index (κ1) is 15.1. The summed E-state index contributed by atoms with van der Waals surface area (Å²) in [5, 5.41) is 0. The molecule has 1 aromatic rings. The molecule has 0 heterocycles. The Kier molecular flexibility index (Phi) is 5.74. The molecule has 6 heteroatoms. The van der Waals surface area contributed by atoms with Gasteiger partial charge in [0.15, 0.2) is 5.78 Å². The van der Waals surface area contributed by atoms with E-state index in [4.69, 9.17) is 0 Å². The number of Topliss-reactive ketones (excluding diaryl/α,β-unsaturated/α-hetero) is 2. The molecule has 2 radical (unpaired) electrons.